The van der Waals surface area contributed by atoms with E-state index in [9.17, 15) is 19.7 Å². The summed E-state index contributed by atoms with van der Waals surface area (Å²) in [6.07, 6.45) is 0. The van der Waals surface area contributed by atoms with Crippen molar-refractivity contribution in [1.82, 2.24) is 16.2 Å². The summed E-state index contributed by atoms with van der Waals surface area (Å²) in [4.78, 5) is 34.8. The molecule has 0 spiro atoms. The van der Waals surface area contributed by atoms with Crippen molar-refractivity contribution in [2.45, 2.75) is 13.8 Å². The Bertz CT molecular complexity index is 983. The van der Waals surface area contributed by atoms with Crippen molar-refractivity contribution >= 4 is 50.8 Å². The zero-order valence-electron chi connectivity index (χ0n) is 16.1. The zero-order chi connectivity index (χ0) is 22.3. The van der Waals surface area contributed by atoms with Crippen LogP contribution in [0.4, 0.5) is 5.69 Å². The van der Waals surface area contributed by atoms with E-state index in [1.807, 2.05) is 13.8 Å². The molecule has 2 aromatic rings. The number of rotatable bonds is 6. The second kappa shape index (κ2) is 10.6. The number of thiocarbonyl (C=S) groups is 1. The van der Waals surface area contributed by atoms with Gasteiger partial charge < -0.3 is 4.74 Å². The molecule has 9 nitrogen and oxygen atoms in total. The highest BCUT2D eigenvalue weighted by molar-refractivity contribution is 9.10. The van der Waals surface area contributed by atoms with Crippen LogP contribution in [0.3, 0.4) is 0 Å². The number of nitro groups is 1. The number of nitrogens with one attached hydrogen (secondary N) is 3. The molecular formula is C19H19BrN4O5S. The second-order valence-electron chi connectivity index (χ2n) is 6.49. The quantitative estimate of drug-likeness (QED) is 0.319. The van der Waals surface area contributed by atoms with Gasteiger partial charge in [0, 0.05) is 11.6 Å². The lowest BCUT2D eigenvalue weighted by Crippen LogP contribution is -2.48. The molecule has 2 amide bonds. The van der Waals surface area contributed by atoms with Gasteiger partial charge in [-0.05, 0) is 58.3 Å². The van der Waals surface area contributed by atoms with Gasteiger partial charge in [-0.3, -0.25) is 35.9 Å². The molecule has 0 unspecified atom stereocenters. The number of hydrogen-bond acceptors (Lipinski definition) is 6. The fraction of sp³-hybridized carbons (Fsp3) is 0.211. The minimum absolute atomic E-state index is 0.148. The summed E-state index contributed by atoms with van der Waals surface area (Å²) in [6.45, 7) is 4.59. The minimum atomic E-state index is -0.770. The van der Waals surface area contributed by atoms with Crippen LogP contribution in [0.5, 0.6) is 5.75 Å². The predicted octanol–water partition coefficient (Wildman–Crippen LogP) is 3.34. The minimum Gasteiger partial charge on any atom is -0.492 e. The van der Waals surface area contributed by atoms with E-state index in [1.165, 1.54) is 24.3 Å². The van der Waals surface area contributed by atoms with Gasteiger partial charge in [0.25, 0.3) is 17.5 Å². The molecule has 0 atom stereocenters. The maximum Gasteiger partial charge on any atom is 0.282 e. The molecular weight excluding hydrogens is 476 g/mol. The summed E-state index contributed by atoms with van der Waals surface area (Å²) in [7, 11) is 0. The topological polar surface area (TPSA) is 123 Å². The first kappa shape index (κ1) is 23.2. The molecule has 0 heterocycles. The van der Waals surface area contributed by atoms with Gasteiger partial charge >= 0.3 is 0 Å². The first-order valence-electron chi connectivity index (χ1n) is 8.76. The Morgan fingerprint density at radius 1 is 1.17 bits per heavy atom. The molecule has 0 aliphatic rings. The maximum absolute atomic E-state index is 12.3. The van der Waals surface area contributed by atoms with Crippen molar-refractivity contribution in [3.63, 3.8) is 0 Å². The standard InChI is InChI=1S/C19H19BrN4O5S/c1-11(2)10-29-16-8-7-12(9-14(16)20)17(25)21-19(30)23-22-18(26)13-5-3-4-6-15(13)24(27)28/h3-9,11H,10H2,1-2H3,(H,22,26)(H2,21,23,25,30). The van der Waals surface area contributed by atoms with E-state index in [2.05, 4.69) is 32.1 Å². The van der Waals surface area contributed by atoms with E-state index in [0.29, 0.717) is 28.3 Å². The molecule has 30 heavy (non-hydrogen) atoms. The molecule has 0 bridgehead atoms. The normalized spacial score (nSPS) is 10.3. The Morgan fingerprint density at radius 2 is 1.87 bits per heavy atom. The first-order chi connectivity index (χ1) is 14.2. The van der Waals surface area contributed by atoms with Gasteiger partial charge in [0.05, 0.1) is 16.0 Å². The van der Waals surface area contributed by atoms with Gasteiger partial charge in [0.2, 0.25) is 0 Å². The zero-order valence-corrected chi connectivity index (χ0v) is 18.5. The van der Waals surface area contributed by atoms with Crippen LogP contribution in [0.25, 0.3) is 0 Å². The Kier molecular flexibility index (Phi) is 8.25. The molecule has 158 valence electrons. The molecule has 2 rings (SSSR count). The van der Waals surface area contributed by atoms with Crippen LogP contribution in [-0.4, -0.2) is 28.5 Å². The number of nitrogens with zero attached hydrogens (tertiary/aromatic N) is 1. The number of carbonyl (C=O) groups excluding carboxylic acids is 2. The number of nitro benzene ring substituents is 1. The number of hydrazine groups is 1. The fourth-order valence-corrected chi connectivity index (χ4v) is 2.86. The van der Waals surface area contributed by atoms with Crippen molar-refractivity contribution in [2.24, 2.45) is 5.92 Å². The van der Waals surface area contributed by atoms with Crippen molar-refractivity contribution in [3.05, 3.63) is 68.2 Å². The Hall–Kier alpha value is -3.05. The van der Waals surface area contributed by atoms with Crippen LogP contribution >= 0.6 is 28.1 Å². The molecule has 0 saturated carbocycles. The Labute approximate surface area is 186 Å². The summed E-state index contributed by atoms with van der Waals surface area (Å²) in [5, 5.41) is 13.2. The largest absolute Gasteiger partial charge is 0.492 e. The highest BCUT2D eigenvalue weighted by atomic mass is 79.9. The summed E-state index contributed by atoms with van der Waals surface area (Å²) < 4.78 is 6.25. The lowest BCUT2D eigenvalue weighted by atomic mass is 10.2. The van der Waals surface area contributed by atoms with Crippen LogP contribution in [0.1, 0.15) is 34.6 Å². The van der Waals surface area contributed by atoms with E-state index in [0.717, 1.165) is 0 Å². The van der Waals surface area contributed by atoms with Crippen LogP contribution in [0.15, 0.2) is 46.9 Å². The average molecular weight is 495 g/mol. The Morgan fingerprint density at radius 3 is 2.50 bits per heavy atom. The van der Waals surface area contributed by atoms with E-state index >= 15 is 0 Å². The first-order valence-corrected chi connectivity index (χ1v) is 9.96. The summed E-state index contributed by atoms with van der Waals surface area (Å²) in [6, 6.07) is 10.3. The number of amides is 2. The monoisotopic (exact) mass is 494 g/mol. The number of carbonyl (C=O) groups is 2. The maximum atomic E-state index is 12.3. The molecule has 2 aromatic carbocycles. The van der Waals surface area contributed by atoms with Crippen molar-refractivity contribution < 1.29 is 19.2 Å². The molecule has 0 aliphatic carbocycles. The lowest BCUT2D eigenvalue weighted by molar-refractivity contribution is -0.385. The third kappa shape index (κ3) is 6.49. The van der Waals surface area contributed by atoms with Crippen LogP contribution in [0.2, 0.25) is 0 Å². The van der Waals surface area contributed by atoms with E-state index in [1.54, 1.807) is 18.2 Å². The second-order valence-corrected chi connectivity index (χ2v) is 7.75. The Balaban J connectivity index is 1.93. The molecule has 0 aromatic heterocycles. The number of halogens is 1. The molecule has 0 aliphatic heterocycles. The number of hydrogen-bond donors (Lipinski definition) is 3. The van der Waals surface area contributed by atoms with Crippen LogP contribution in [-0.2, 0) is 0 Å². The van der Waals surface area contributed by atoms with Crippen LogP contribution in [0, 0.1) is 16.0 Å². The van der Waals surface area contributed by atoms with Crippen molar-refractivity contribution in [1.29, 1.82) is 0 Å². The van der Waals surface area contributed by atoms with Crippen molar-refractivity contribution in [3.8, 4) is 5.75 Å². The van der Waals surface area contributed by atoms with Crippen LogP contribution < -0.4 is 20.9 Å². The predicted molar refractivity (Wildman–Crippen MR) is 118 cm³/mol. The van der Waals surface area contributed by atoms with Gasteiger partial charge in [-0.25, -0.2) is 0 Å². The van der Waals surface area contributed by atoms with E-state index in [4.69, 9.17) is 17.0 Å². The highest BCUT2D eigenvalue weighted by Crippen LogP contribution is 2.26. The summed E-state index contributed by atoms with van der Waals surface area (Å²) in [5.74, 6) is -0.314. The van der Waals surface area contributed by atoms with Gasteiger partial charge in [0.15, 0.2) is 5.11 Å². The van der Waals surface area contributed by atoms with Gasteiger partial charge in [0.1, 0.15) is 11.3 Å². The molecule has 0 saturated heterocycles. The van der Waals surface area contributed by atoms with Gasteiger partial charge in [-0.2, -0.15) is 0 Å². The summed E-state index contributed by atoms with van der Waals surface area (Å²) >= 11 is 8.34. The third-order valence-corrected chi connectivity index (χ3v) is 4.45. The molecule has 11 heteroatoms. The van der Waals surface area contributed by atoms with Gasteiger partial charge in [-0.15, -0.1) is 0 Å². The molecule has 0 radical (unpaired) electrons. The third-order valence-electron chi connectivity index (χ3n) is 3.63. The fourth-order valence-electron chi connectivity index (χ4n) is 2.23. The van der Waals surface area contributed by atoms with Gasteiger partial charge in [-0.1, -0.05) is 26.0 Å². The average Bonchev–Trinajstić information content (AvgIpc) is 2.70. The van der Waals surface area contributed by atoms with E-state index < -0.39 is 16.7 Å². The summed E-state index contributed by atoms with van der Waals surface area (Å²) in [5.41, 5.74) is 4.38. The van der Waals surface area contributed by atoms with E-state index in [-0.39, 0.29) is 16.4 Å². The lowest BCUT2D eigenvalue weighted by Gasteiger charge is -2.13. The van der Waals surface area contributed by atoms with Crippen molar-refractivity contribution in [2.75, 3.05) is 6.61 Å². The molecule has 3 N–H and O–H groups in total. The smallest absolute Gasteiger partial charge is 0.282 e. The number of ether oxygens (including phenoxy) is 1. The number of benzene rings is 2. The molecule has 0 fully saturated rings. The SMILES string of the molecule is CC(C)COc1ccc(C(=O)NC(=S)NNC(=O)c2ccccc2[N+](=O)[O-])cc1Br. The highest BCUT2D eigenvalue weighted by Gasteiger charge is 2.19. The number of para-hydroxylation sites is 1.